The summed E-state index contributed by atoms with van der Waals surface area (Å²) in [6.45, 7) is 7.28. The summed E-state index contributed by atoms with van der Waals surface area (Å²) in [4.78, 5) is 25.4. The second-order valence-electron chi connectivity index (χ2n) is 9.52. The minimum atomic E-state index is -5.35. The van der Waals surface area contributed by atoms with Crippen LogP contribution in [-0.4, -0.2) is 102 Å². The number of halogens is 1. The Morgan fingerprint density at radius 1 is 1.31 bits per heavy atom. The van der Waals surface area contributed by atoms with Gasteiger partial charge in [-0.05, 0) is 37.3 Å². The third-order valence-electron chi connectivity index (χ3n) is 6.85. The Morgan fingerprint density at radius 2 is 2.03 bits per heavy atom. The van der Waals surface area contributed by atoms with Crippen LogP contribution in [0.4, 0.5) is 11.6 Å². The highest BCUT2D eigenvalue weighted by Gasteiger charge is 2.52. The predicted molar refractivity (Wildman–Crippen MR) is 138 cm³/mol. The summed E-state index contributed by atoms with van der Waals surface area (Å²) in [7, 11) is -10.1. The molecule has 2 aromatic rings. The Bertz CT molecular complexity index is 1350. The summed E-state index contributed by atoms with van der Waals surface area (Å²) in [5.41, 5.74) is 0.478. The van der Waals surface area contributed by atoms with Crippen LogP contribution < -0.4 is 10.3 Å². The molecular weight excluding hydrogens is 581 g/mol. The number of hydrazone groups is 1. The maximum absolute atomic E-state index is 13.1. The number of hydrogen-bond acceptors (Lipinski definition) is 14. The highest BCUT2D eigenvalue weighted by atomic mass is 35.5. The normalized spacial score (nSPS) is 28.4. The Morgan fingerprint density at radius 3 is 2.59 bits per heavy atom. The molecule has 0 amide bonds. The van der Waals surface area contributed by atoms with Crippen LogP contribution >= 0.6 is 19.2 Å². The van der Waals surface area contributed by atoms with Crippen molar-refractivity contribution in [1.29, 1.82) is 0 Å². The standard InChI is InChI=1S/C19H29ClN9O8PS/c1-8-5-4-6-10(8)22-14-9(2)16(24-19(20)23-14)29(21-3)17-13(31)12(30)11(37-17)7-39(35,36)18(38(32,33)34)15-25-27-28-26-15/h8,10-13,17-18,30-31H,3-7H2,1-2H3,(H,22,23,24)(H2,32,33,34)(H,25,26,27,28)/t8?,10?,11-,12-,13-,17-,18?/m1/s1. The van der Waals surface area contributed by atoms with Crippen molar-refractivity contribution >= 4 is 47.4 Å². The molecule has 1 saturated carbocycles. The zero-order chi connectivity index (χ0) is 28.7. The van der Waals surface area contributed by atoms with E-state index in [1.54, 1.807) is 6.92 Å². The van der Waals surface area contributed by atoms with E-state index in [1.807, 2.05) is 5.21 Å². The van der Waals surface area contributed by atoms with E-state index in [0.717, 1.165) is 24.3 Å². The van der Waals surface area contributed by atoms with Crippen molar-refractivity contribution in [2.45, 2.75) is 68.7 Å². The van der Waals surface area contributed by atoms with Crippen LogP contribution in [0.25, 0.3) is 0 Å². The number of aromatic nitrogens is 6. The van der Waals surface area contributed by atoms with E-state index in [-0.39, 0.29) is 17.1 Å². The molecule has 7 atom stereocenters. The smallest absolute Gasteiger partial charge is 0.351 e. The topological polar surface area (TPSA) is 249 Å². The maximum Gasteiger partial charge on any atom is 0.351 e. The van der Waals surface area contributed by atoms with Crippen LogP contribution in [-0.2, 0) is 19.1 Å². The molecule has 39 heavy (non-hydrogen) atoms. The lowest BCUT2D eigenvalue weighted by Gasteiger charge is -2.28. The van der Waals surface area contributed by atoms with Gasteiger partial charge in [0.05, 0.1) is 5.75 Å². The van der Waals surface area contributed by atoms with Crippen molar-refractivity contribution in [2.24, 2.45) is 11.0 Å². The highest BCUT2D eigenvalue weighted by molar-refractivity contribution is 7.97. The number of anilines is 2. The lowest BCUT2D eigenvalue weighted by molar-refractivity contribution is 0.0153. The van der Waals surface area contributed by atoms with Crippen LogP contribution in [0.15, 0.2) is 5.10 Å². The van der Waals surface area contributed by atoms with Crippen molar-refractivity contribution in [2.75, 3.05) is 16.1 Å². The molecule has 3 unspecified atom stereocenters. The van der Waals surface area contributed by atoms with E-state index >= 15 is 0 Å². The molecule has 1 saturated heterocycles. The Balaban J connectivity index is 1.60. The van der Waals surface area contributed by atoms with E-state index in [4.69, 9.17) is 16.3 Å². The molecule has 0 bridgehead atoms. The number of tetrazole rings is 1. The molecule has 216 valence electrons. The average molecular weight is 610 g/mol. The van der Waals surface area contributed by atoms with Crippen molar-refractivity contribution in [3.8, 4) is 0 Å². The molecule has 0 spiro atoms. The summed E-state index contributed by atoms with van der Waals surface area (Å²) in [6.07, 6.45) is -3.59. The number of rotatable bonds is 10. The van der Waals surface area contributed by atoms with Crippen LogP contribution in [0, 0.1) is 12.8 Å². The maximum atomic E-state index is 13.1. The molecule has 0 radical (unpaired) electrons. The number of nitrogens with one attached hydrogen (secondary N) is 2. The zero-order valence-electron chi connectivity index (χ0n) is 20.9. The van der Waals surface area contributed by atoms with Gasteiger partial charge in [-0.3, -0.25) is 4.57 Å². The fourth-order valence-electron chi connectivity index (χ4n) is 4.83. The lowest BCUT2D eigenvalue weighted by atomic mass is 10.1. The first-order valence-electron chi connectivity index (χ1n) is 11.8. The molecule has 6 N–H and O–H groups in total. The first-order chi connectivity index (χ1) is 18.2. The number of aliphatic hydroxyl groups is 2. The van der Waals surface area contributed by atoms with Gasteiger partial charge in [-0.1, -0.05) is 18.6 Å². The van der Waals surface area contributed by atoms with Crippen molar-refractivity contribution in [3.63, 3.8) is 0 Å². The van der Waals surface area contributed by atoms with Gasteiger partial charge in [-0.15, -0.1) is 10.2 Å². The molecule has 0 aromatic carbocycles. The van der Waals surface area contributed by atoms with E-state index in [9.17, 15) is 33.0 Å². The first-order valence-corrected chi connectivity index (χ1v) is 15.6. The van der Waals surface area contributed by atoms with E-state index < -0.39 is 58.5 Å². The largest absolute Gasteiger partial charge is 0.387 e. The first kappa shape index (κ1) is 29.7. The molecule has 1 aliphatic heterocycles. The third-order valence-corrected chi connectivity index (χ3v) is 11.3. The zero-order valence-corrected chi connectivity index (χ0v) is 23.3. The minimum Gasteiger partial charge on any atom is -0.387 e. The van der Waals surface area contributed by atoms with Gasteiger partial charge >= 0.3 is 7.60 Å². The van der Waals surface area contributed by atoms with Gasteiger partial charge in [0.25, 0.3) is 0 Å². The predicted octanol–water partition coefficient (Wildman–Crippen LogP) is -0.288. The van der Waals surface area contributed by atoms with Crippen LogP contribution in [0.1, 0.15) is 42.6 Å². The van der Waals surface area contributed by atoms with Gasteiger partial charge in [-0.25, -0.2) is 18.4 Å². The SMILES string of the molecule is C=NN(c1nc(Cl)nc(NC2CCCC2C)c1C)[C@@H]1O[C@H](CS(=O)(=O)C(c2nn[nH]n2)P(=O)(O)O)[C@@H](O)[C@H]1O. The minimum absolute atomic E-state index is 0.0813. The van der Waals surface area contributed by atoms with Crippen LogP contribution in [0.5, 0.6) is 0 Å². The number of H-pyrrole nitrogens is 1. The fourth-order valence-corrected chi connectivity index (χ4v) is 8.67. The van der Waals surface area contributed by atoms with Gasteiger partial charge in [-0.2, -0.15) is 15.3 Å². The number of sulfone groups is 1. The number of hydrogen-bond donors (Lipinski definition) is 6. The van der Waals surface area contributed by atoms with Crippen LogP contribution in [0.3, 0.4) is 0 Å². The monoisotopic (exact) mass is 609 g/mol. The molecule has 2 aromatic heterocycles. The number of aromatic amines is 1. The summed E-state index contributed by atoms with van der Waals surface area (Å²) in [5, 5.41) is 41.4. The van der Waals surface area contributed by atoms with E-state index in [1.165, 1.54) is 0 Å². The van der Waals surface area contributed by atoms with Gasteiger partial charge in [0, 0.05) is 18.3 Å². The lowest BCUT2D eigenvalue weighted by Crippen LogP contribution is -2.42. The number of ether oxygens (including phenoxy) is 1. The van der Waals surface area contributed by atoms with Crippen molar-refractivity contribution in [1.82, 2.24) is 30.6 Å². The van der Waals surface area contributed by atoms with Gasteiger partial charge in [0.2, 0.25) is 16.1 Å². The second kappa shape index (κ2) is 11.3. The molecule has 3 heterocycles. The Hall–Kier alpha value is -2.31. The van der Waals surface area contributed by atoms with E-state index in [2.05, 4.69) is 49.4 Å². The average Bonchev–Trinajstić information content (AvgIpc) is 3.56. The summed E-state index contributed by atoms with van der Waals surface area (Å²) >= 11 is 6.18. The van der Waals surface area contributed by atoms with Gasteiger partial charge < -0.3 is 30.1 Å². The molecule has 4 rings (SSSR count). The quantitative estimate of drug-likeness (QED) is 0.0876. The van der Waals surface area contributed by atoms with Gasteiger partial charge in [0.1, 0.15) is 24.1 Å². The number of aliphatic hydroxyl groups excluding tert-OH is 2. The van der Waals surface area contributed by atoms with Crippen LogP contribution in [0.2, 0.25) is 5.28 Å². The Labute approximate surface area is 228 Å². The van der Waals surface area contributed by atoms with Crippen molar-refractivity contribution < 1.29 is 37.7 Å². The summed E-state index contributed by atoms with van der Waals surface area (Å²) in [6, 6.07) is 0.151. The highest BCUT2D eigenvalue weighted by Crippen LogP contribution is 2.54. The van der Waals surface area contributed by atoms with Crippen molar-refractivity contribution in [3.05, 3.63) is 16.7 Å². The third kappa shape index (κ3) is 6.07. The second-order valence-corrected chi connectivity index (χ2v) is 14.0. The summed E-state index contributed by atoms with van der Waals surface area (Å²) in [5.74, 6) is -0.956. The fraction of sp³-hybridized carbons (Fsp3) is 0.684. The molecule has 2 aliphatic rings. The molecule has 1 aliphatic carbocycles. The summed E-state index contributed by atoms with van der Waals surface area (Å²) < 4.78 is 43.8. The molecule has 2 fully saturated rings. The molecular formula is C19H29ClN9O8PS. The van der Waals surface area contributed by atoms with E-state index in [0.29, 0.717) is 17.3 Å². The van der Waals surface area contributed by atoms with Gasteiger partial charge in [0.15, 0.2) is 21.9 Å². The number of nitrogens with zero attached hydrogens (tertiary/aromatic N) is 7. The molecule has 20 heteroatoms. The Kier molecular flexibility index (Phi) is 8.58. The molecule has 17 nitrogen and oxygen atoms in total.